The summed E-state index contributed by atoms with van der Waals surface area (Å²) in [6.07, 6.45) is 5.76. The fraction of sp³-hybridized carbons (Fsp3) is 0.190. The molecule has 1 aliphatic heterocycles. The highest BCUT2D eigenvalue weighted by Crippen LogP contribution is 2.16. The Bertz CT molecular complexity index is 885. The van der Waals surface area contributed by atoms with Gasteiger partial charge in [0, 0.05) is 43.5 Å². The monoisotopic (exact) mass is 378 g/mol. The highest BCUT2D eigenvalue weighted by atomic mass is 16.5. The Morgan fingerprint density at radius 1 is 1.00 bits per heavy atom. The van der Waals surface area contributed by atoms with Crippen LogP contribution in [0.3, 0.4) is 0 Å². The van der Waals surface area contributed by atoms with Gasteiger partial charge in [0.15, 0.2) is 5.78 Å². The smallest absolute Gasteiger partial charge is 0.267 e. The quantitative estimate of drug-likeness (QED) is 0.308. The van der Waals surface area contributed by atoms with Crippen molar-refractivity contribution in [1.82, 2.24) is 15.8 Å². The predicted octanol–water partition coefficient (Wildman–Crippen LogP) is 1.91. The molecule has 0 bridgehead atoms. The maximum Gasteiger partial charge on any atom is 0.267 e. The van der Waals surface area contributed by atoms with E-state index in [2.05, 4.69) is 15.2 Å². The van der Waals surface area contributed by atoms with Crippen molar-refractivity contribution in [3.63, 3.8) is 0 Å². The van der Waals surface area contributed by atoms with E-state index in [0.717, 1.165) is 31.9 Å². The number of amides is 1. The fourth-order valence-corrected chi connectivity index (χ4v) is 2.87. The molecule has 0 spiro atoms. The van der Waals surface area contributed by atoms with Gasteiger partial charge in [0.1, 0.15) is 0 Å². The third-order valence-corrected chi connectivity index (χ3v) is 4.35. The lowest BCUT2D eigenvalue weighted by atomic mass is 10.1. The van der Waals surface area contributed by atoms with Crippen LogP contribution in [-0.4, -0.2) is 48.1 Å². The third kappa shape index (κ3) is 5.35. The molecule has 3 N–H and O–H groups in total. The number of nitrogens with one attached hydrogen (secondary N) is 2. The van der Waals surface area contributed by atoms with E-state index in [-0.39, 0.29) is 5.78 Å². The zero-order valence-electron chi connectivity index (χ0n) is 15.3. The summed E-state index contributed by atoms with van der Waals surface area (Å²) < 4.78 is 0. The van der Waals surface area contributed by atoms with Gasteiger partial charge >= 0.3 is 0 Å². The number of hydrogen-bond acceptors (Lipinski definition) is 6. The van der Waals surface area contributed by atoms with E-state index < -0.39 is 5.91 Å². The van der Waals surface area contributed by atoms with Crippen molar-refractivity contribution < 1.29 is 14.8 Å². The molecule has 3 rings (SSSR count). The van der Waals surface area contributed by atoms with Crippen LogP contribution in [0.5, 0.6) is 0 Å². The number of ketones is 1. The Labute approximate surface area is 163 Å². The Hall–Kier alpha value is -3.29. The molecular weight excluding hydrogens is 356 g/mol. The zero-order chi connectivity index (χ0) is 19.8. The molecule has 1 aromatic heterocycles. The van der Waals surface area contributed by atoms with Crippen LogP contribution in [0.15, 0.2) is 54.6 Å². The molecular formula is C21H22N4O3. The molecule has 1 amide bonds. The second-order valence-corrected chi connectivity index (χ2v) is 6.28. The van der Waals surface area contributed by atoms with Gasteiger partial charge in [0.2, 0.25) is 0 Å². The second-order valence-electron chi connectivity index (χ2n) is 6.28. The van der Waals surface area contributed by atoms with E-state index in [1.54, 1.807) is 24.3 Å². The zero-order valence-corrected chi connectivity index (χ0v) is 15.3. The number of pyridine rings is 1. The standard InChI is InChI=1S/C21H22N4O3/c26-20(16-4-8-19(9-5-16)25-14-12-22-13-15-25)10-6-17-2-1-3-18(23-17)7-11-21(27)24-28/h1-11,22,28H,12-15H2,(H,24,27)/b10-6+,11-7+. The highest BCUT2D eigenvalue weighted by molar-refractivity contribution is 6.06. The number of carbonyl (C=O) groups excluding carboxylic acids is 2. The Balaban J connectivity index is 1.64. The lowest BCUT2D eigenvalue weighted by Gasteiger charge is -2.29. The normalized spacial score (nSPS) is 14.5. The molecule has 0 saturated carbocycles. The largest absolute Gasteiger partial charge is 0.369 e. The van der Waals surface area contributed by atoms with E-state index >= 15 is 0 Å². The van der Waals surface area contributed by atoms with Crippen molar-refractivity contribution >= 4 is 29.5 Å². The van der Waals surface area contributed by atoms with Crippen LogP contribution in [-0.2, 0) is 4.79 Å². The Morgan fingerprint density at radius 2 is 1.64 bits per heavy atom. The molecule has 0 unspecified atom stereocenters. The van der Waals surface area contributed by atoms with Gasteiger partial charge in [-0.25, -0.2) is 10.5 Å². The first-order valence-corrected chi connectivity index (χ1v) is 9.03. The number of aromatic nitrogens is 1. The van der Waals surface area contributed by atoms with Gasteiger partial charge in [0.25, 0.3) is 5.91 Å². The summed E-state index contributed by atoms with van der Waals surface area (Å²) in [4.78, 5) is 30.1. The number of hydrogen-bond donors (Lipinski definition) is 3. The number of rotatable bonds is 6. The van der Waals surface area contributed by atoms with Crippen LogP contribution in [0.4, 0.5) is 5.69 Å². The SMILES string of the molecule is O=C(/C=C/c1cccc(/C=C/C(=O)c2ccc(N3CCNCC3)cc2)n1)NO. The van der Waals surface area contributed by atoms with Gasteiger partial charge in [-0.2, -0.15) is 0 Å². The highest BCUT2D eigenvalue weighted by Gasteiger charge is 2.10. The van der Waals surface area contributed by atoms with Crippen LogP contribution in [0.2, 0.25) is 0 Å². The molecule has 0 atom stereocenters. The van der Waals surface area contributed by atoms with Crippen LogP contribution >= 0.6 is 0 Å². The molecule has 2 heterocycles. The Morgan fingerprint density at radius 3 is 2.29 bits per heavy atom. The van der Waals surface area contributed by atoms with Crippen molar-refractivity contribution in [3.05, 3.63) is 71.6 Å². The lowest BCUT2D eigenvalue weighted by molar-refractivity contribution is -0.124. The van der Waals surface area contributed by atoms with Gasteiger partial charge < -0.3 is 10.2 Å². The van der Waals surface area contributed by atoms with Gasteiger partial charge in [-0.15, -0.1) is 0 Å². The van der Waals surface area contributed by atoms with E-state index in [1.165, 1.54) is 23.7 Å². The van der Waals surface area contributed by atoms with E-state index in [0.29, 0.717) is 17.0 Å². The van der Waals surface area contributed by atoms with E-state index in [9.17, 15) is 9.59 Å². The minimum Gasteiger partial charge on any atom is -0.369 e. The van der Waals surface area contributed by atoms with Crippen molar-refractivity contribution in [2.75, 3.05) is 31.1 Å². The molecule has 1 fully saturated rings. The van der Waals surface area contributed by atoms with Gasteiger partial charge in [-0.1, -0.05) is 6.07 Å². The summed E-state index contributed by atoms with van der Waals surface area (Å²) in [5.74, 6) is -0.739. The molecule has 7 nitrogen and oxygen atoms in total. The summed E-state index contributed by atoms with van der Waals surface area (Å²) in [6, 6.07) is 12.9. The Kier molecular flexibility index (Phi) is 6.67. The van der Waals surface area contributed by atoms with Gasteiger partial charge in [0.05, 0.1) is 11.4 Å². The van der Waals surface area contributed by atoms with Crippen molar-refractivity contribution in [3.8, 4) is 0 Å². The number of piperazine rings is 1. The van der Waals surface area contributed by atoms with E-state index in [1.807, 2.05) is 24.3 Å². The first kappa shape index (κ1) is 19.5. The average Bonchev–Trinajstić information content (AvgIpc) is 2.76. The first-order valence-electron chi connectivity index (χ1n) is 9.03. The first-order chi connectivity index (χ1) is 13.7. The molecule has 2 aromatic rings. The van der Waals surface area contributed by atoms with Crippen molar-refractivity contribution in [1.29, 1.82) is 0 Å². The molecule has 28 heavy (non-hydrogen) atoms. The minimum atomic E-state index is -0.637. The molecule has 1 aromatic carbocycles. The average molecular weight is 378 g/mol. The fourth-order valence-electron chi connectivity index (χ4n) is 2.87. The molecule has 1 aliphatic rings. The van der Waals surface area contributed by atoms with Crippen LogP contribution in [0.25, 0.3) is 12.2 Å². The number of carbonyl (C=O) groups is 2. The minimum absolute atomic E-state index is 0.103. The molecule has 7 heteroatoms. The maximum atomic E-state index is 12.4. The topological polar surface area (TPSA) is 94.6 Å². The van der Waals surface area contributed by atoms with E-state index in [4.69, 9.17) is 5.21 Å². The number of allylic oxidation sites excluding steroid dienone is 1. The molecule has 0 radical (unpaired) electrons. The summed E-state index contributed by atoms with van der Waals surface area (Å²) in [7, 11) is 0. The number of anilines is 1. The van der Waals surface area contributed by atoms with Crippen LogP contribution < -0.4 is 15.7 Å². The number of hydroxylamine groups is 1. The summed E-state index contributed by atoms with van der Waals surface area (Å²) in [5.41, 5.74) is 4.39. The van der Waals surface area contributed by atoms with Crippen LogP contribution in [0.1, 0.15) is 21.7 Å². The predicted molar refractivity (Wildman–Crippen MR) is 108 cm³/mol. The van der Waals surface area contributed by atoms with Crippen molar-refractivity contribution in [2.45, 2.75) is 0 Å². The van der Waals surface area contributed by atoms with Gasteiger partial charge in [-0.3, -0.25) is 14.8 Å². The maximum absolute atomic E-state index is 12.4. The summed E-state index contributed by atoms with van der Waals surface area (Å²) >= 11 is 0. The lowest BCUT2D eigenvalue weighted by Crippen LogP contribution is -2.43. The summed E-state index contributed by atoms with van der Waals surface area (Å²) in [6.45, 7) is 3.86. The van der Waals surface area contributed by atoms with Gasteiger partial charge in [-0.05, 0) is 54.6 Å². The van der Waals surface area contributed by atoms with Crippen molar-refractivity contribution in [2.24, 2.45) is 0 Å². The van der Waals surface area contributed by atoms with Crippen LogP contribution in [0, 0.1) is 0 Å². The third-order valence-electron chi connectivity index (χ3n) is 4.35. The molecule has 1 saturated heterocycles. The number of nitrogens with zero attached hydrogens (tertiary/aromatic N) is 2. The molecule has 144 valence electrons. The second kappa shape index (κ2) is 9.59. The molecule has 0 aliphatic carbocycles. The number of benzene rings is 1. The summed E-state index contributed by atoms with van der Waals surface area (Å²) in [5, 5.41) is 11.8.